The van der Waals surface area contributed by atoms with E-state index in [9.17, 15) is 4.79 Å². The van der Waals surface area contributed by atoms with Crippen molar-refractivity contribution in [2.45, 2.75) is 13.3 Å². The van der Waals surface area contributed by atoms with Gasteiger partial charge in [0.2, 0.25) is 0 Å². The molecule has 0 atom stereocenters. The third kappa shape index (κ3) is 5.99. The van der Waals surface area contributed by atoms with Gasteiger partial charge in [-0.2, -0.15) is 0 Å². The normalized spacial score (nSPS) is 13.5. The second kappa shape index (κ2) is 11.6. The Morgan fingerprint density at radius 1 is 1.06 bits per heavy atom. The summed E-state index contributed by atoms with van der Waals surface area (Å²) in [5.74, 6) is 1.40. The number of anilines is 1. The van der Waals surface area contributed by atoms with E-state index in [0.29, 0.717) is 52.6 Å². The van der Waals surface area contributed by atoms with Crippen molar-refractivity contribution in [3.8, 4) is 22.6 Å². The van der Waals surface area contributed by atoms with Gasteiger partial charge in [-0.1, -0.05) is 35.3 Å². The molecule has 3 N–H and O–H groups in total. The molecule has 35 heavy (non-hydrogen) atoms. The minimum atomic E-state index is 0.0447. The first-order chi connectivity index (χ1) is 17.0. The minimum absolute atomic E-state index is 0.0447. The van der Waals surface area contributed by atoms with Gasteiger partial charge in [0.15, 0.2) is 11.6 Å². The molecular weight excluding hydrogens is 487 g/mol. The van der Waals surface area contributed by atoms with Crippen molar-refractivity contribution in [1.82, 2.24) is 15.2 Å². The lowest BCUT2D eigenvalue weighted by Gasteiger charge is -2.27. The van der Waals surface area contributed by atoms with Gasteiger partial charge in [0.25, 0.3) is 5.91 Å². The van der Waals surface area contributed by atoms with Crippen LogP contribution in [0.3, 0.4) is 0 Å². The van der Waals surface area contributed by atoms with Crippen molar-refractivity contribution in [2.75, 3.05) is 45.1 Å². The second-order valence-corrected chi connectivity index (χ2v) is 8.88. The molecular formula is C26H28Cl2N4O3. The molecule has 1 amide bonds. The van der Waals surface area contributed by atoms with Crippen LogP contribution in [0.1, 0.15) is 22.8 Å². The van der Waals surface area contributed by atoms with E-state index in [1.807, 2.05) is 42.2 Å². The van der Waals surface area contributed by atoms with Crippen LogP contribution >= 0.6 is 23.2 Å². The number of nitrogens with two attached hydrogens (primary N) is 1. The Morgan fingerprint density at radius 2 is 1.80 bits per heavy atom. The Kier molecular flexibility index (Phi) is 8.33. The van der Waals surface area contributed by atoms with Crippen molar-refractivity contribution >= 4 is 34.9 Å². The fourth-order valence-corrected chi connectivity index (χ4v) is 4.53. The average Bonchev–Trinajstić information content (AvgIpc) is 2.89. The van der Waals surface area contributed by atoms with Gasteiger partial charge in [-0.3, -0.25) is 4.79 Å². The van der Waals surface area contributed by atoms with E-state index in [4.69, 9.17) is 38.4 Å². The summed E-state index contributed by atoms with van der Waals surface area (Å²) in [7, 11) is 0. The number of carbonyl (C=O) groups excluding carboxylic acids is 1. The molecule has 1 aliphatic heterocycles. The molecule has 0 spiro atoms. The summed E-state index contributed by atoms with van der Waals surface area (Å²) in [6.45, 7) is 5.79. The number of hydrogen-bond donors (Lipinski definition) is 2. The minimum Gasteiger partial charge on any atom is -0.492 e. The van der Waals surface area contributed by atoms with Crippen LogP contribution in [0.4, 0.5) is 5.82 Å². The zero-order chi connectivity index (χ0) is 24.8. The predicted octanol–water partition coefficient (Wildman–Crippen LogP) is 4.70. The SMILES string of the molecule is CCOc1ccc(Cl)c(CCOc2cc(-c3ccc(C(=O)N4CCNCC4)cc3)cnc2N)c1Cl. The molecule has 9 heteroatoms. The van der Waals surface area contributed by atoms with Crippen LogP contribution in [-0.4, -0.2) is 55.2 Å². The Morgan fingerprint density at radius 3 is 2.51 bits per heavy atom. The topological polar surface area (TPSA) is 89.7 Å². The summed E-state index contributed by atoms with van der Waals surface area (Å²) < 4.78 is 11.5. The van der Waals surface area contributed by atoms with E-state index < -0.39 is 0 Å². The molecule has 4 rings (SSSR count). The number of nitrogens with one attached hydrogen (secondary N) is 1. The Labute approximate surface area is 215 Å². The van der Waals surface area contributed by atoms with Crippen LogP contribution in [0.25, 0.3) is 11.1 Å². The molecule has 2 heterocycles. The van der Waals surface area contributed by atoms with Crippen LogP contribution < -0.4 is 20.5 Å². The lowest BCUT2D eigenvalue weighted by molar-refractivity contribution is 0.0736. The fraction of sp³-hybridized carbons (Fsp3) is 0.308. The summed E-state index contributed by atoms with van der Waals surface area (Å²) in [5.41, 5.74) is 9.22. The van der Waals surface area contributed by atoms with Crippen molar-refractivity contribution in [3.63, 3.8) is 0 Å². The van der Waals surface area contributed by atoms with Crippen LogP contribution in [0.2, 0.25) is 10.0 Å². The molecule has 0 saturated carbocycles. The maximum atomic E-state index is 12.7. The number of aromatic nitrogens is 1. The number of pyridine rings is 1. The second-order valence-electron chi connectivity index (χ2n) is 8.10. The number of ether oxygens (including phenoxy) is 2. The number of hydrogen-bond acceptors (Lipinski definition) is 6. The van der Waals surface area contributed by atoms with Gasteiger partial charge in [-0.15, -0.1) is 0 Å². The van der Waals surface area contributed by atoms with Crippen molar-refractivity contribution < 1.29 is 14.3 Å². The monoisotopic (exact) mass is 514 g/mol. The summed E-state index contributed by atoms with van der Waals surface area (Å²) in [6, 6.07) is 12.9. The highest BCUT2D eigenvalue weighted by atomic mass is 35.5. The maximum Gasteiger partial charge on any atom is 0.253 e. The lowest BCUT2D eigenvalue weighted by Crippen LogP contribution is -2.46. The van der Waals surface area contributed by atoms with Crippen LogP contribution in [0.5, 0.6) is 11.5 Å². The van der Waals surface area contributed by atoms with Gasteiger partial charge in [0.1, 0.15) is 5.75 Å². The number of nitrogen functional groups attached to an aromatic ring is 1. The van der Waals surface area contributed by atoms with Crippen LogP contribution in [-0.2, 0) is 6.42 Å². The van der Waals surface area contributed by atoms with Crippen LogP contribution in [0, 0.1) is 0 Å². The maximum absolute atomic E-state index is 12.7. The predicted molar refractivity (Wildman–Crippen MR) is 140 cm³/mol. The highest BCUT2D eigenvalue weighted by molar-refractivity contribution is 6.37. The summed E-state index contributed by atoms with van der Waals surface area (Å²) >= 11 is 12.8. The fourth-order valence-electron chi connectivity index (χ4n) is 3.92. The van der Waals surface area contributed by atoms with E-state index >= 15 is 0 Å². The molecule has 0 bridgehead atoms. The number of nitrogens with zero attached hydrogens (tertiary/aromatic N) is 2. The largest absolute Gasteiger partial charge is 0.492 e. The van der Waals surface area contributed by atoms with Crippen molar-refractivity contribution in [3.05, 3.63) is 69.8 Å². The Bertz CT molecular complexity index is 1180. The van der Waals surface area contributed by atoms with E-state index in [1.165, 1.54) is 0 Å². The number of amides is 1. The molecule has 1 saturated heterocycles. The Hall–Kier alpha value is -3.00. The third-order valence-electron chi connectivity index (χ3n) is 5.81. The highest BCUT2D eigenvalue weighted by Gasteiger charge is 2.18. The summed E-state index contributed by atoms with van der Waals surface area (Å²) in [5, 5.41) is 4.29. The average molecular weight is 515 g/mol. The highest BCUT2D eigenvalue weighted by Crippen LogP contribution is 2.34. The molecule has 2 aromatic carbocycles. The van der Waals surface area contributed by atoms with Crippen molar-refractivity contribution in [1.29, 1.82) is 0 Å². The first kappa shape index (κ1) is 25.1. The molecule has 0 aliphatic carbocycles. The first-order valence-corrected chi connectivity index (χ1v) is 12.3. The number of rotatable bonds is 8. The summed E-state index contributed by atoms with van der Waals surface area (Å²) in [4.78, 5) is 18.9. The Balaban J connectivity index is 1.44. The number of benzene rings is 2. The smallest absolute Gasteiger partial charge is 0.253 e. The molecule has 1 aromatic heterocycles. The van der Waals surface area contributed by atoms with Gasteiger partial charge in [0.05, 0.1) is 18.2 Å². The molecule has 7 nitrogen and oxygen atoms in total. The number of carbonyl (C=O) groups is 1. The van der Waals surface area contributed by atoms with E-state index in [1.54, 1.807) is 18.3 Å². The zero-order valence-electron chi connectivity index (χ0n) is 19.5. The quantitative estimate of drug-likeness (QED) is 0.452. The van der Waals surface area contributed by atoms with Crippen molar-refractivity contribution in [2.24, 2.45) is 0 Å². The van der Waals surface area contributed by atoms with E-state index in [0.717, 1.165) is 42.9 Å². The molecule has 0 unspecified atom stereocenters. The van der Waals surface area contributed by atoms with Gasteiger partial charge in [-0.25, -0.2) is 4.98 Å². The molecule has 1 fully saturated rings. The zero-order valence-corrected chi connectivity index (χ0v) is 21.0. The summed E-state index contributed by atoms with van der Waals surface area (Å²) in [6.07, 6.45) is 2.17. The van der Waals surface area contributed by atoms with E-state index in [2.05, 4.69) is 10.3 Å². The number of halogens is 2. The molecule has 0 radical (unpaired) electrons. The standard InChI is InChI=1S/C26H28Cl2N4O3/c1-2-34-22-8-7-21(27)20(24(22)28)9-14-35-23-15-19(16-31-25(23)29)17-3-5-18(6-4-17)26(33)32-12-10-30-11-13-32/h3-8,15-16,30H,2,9-14H2,1H3,(H2,29,31). The van der Waals surface area contributed by atoms with Gasteiger partial charge in [0, 0.05) is 54.9 Å². The van der Waals surface area contributed by atoms with Gasteiger partial charge >= 0.3 is 0 Å². The first-order valence-electron chi connectivity index (χ1n) is 11.6. The van der Waals surface area contributed by atoms with E-state index in [-0.39, 0.29) is 5.91 Å². The molecule has 184 valence electrons. The lowest BCUT2D eigenvalue weighted by atomic mass is 10.0. The number of piperazine rings is 1. The third-order valence-corrected chi connectivity index (χ3v) is 6.58. The van der Waals surface area contributed by atoms with Gasteiger partial charge in [-0.05, 0) is 48.4 Å². The molecule has 1 aliphatic rings. The van der Waals surface area contributed by atoms with Crippen LogP contribution in [0.15, 0.2) is 48.7 Å². The molecule has 3 aromatic rings. The van der Waals surface area contributed by atoms with Gasteiger partial charge < -0.3 is 25.4 Å².